The number of aliphatic imine (C=N–C) groups is 1. The lowest BCUT2D eigenvalue weighted by atomic mass is 10.2. The van der Waals surface area contributed by atoms with Crippen LogP contribution in [0.25, 0.3) is 16.9 Å². The first-order chi connectivity index (χ1) is 19.9. The quantitative estimate of drug-likeness (QED) is 0.222. The molecular formula is C28H26Cl2N6O5. The van der Waals surface area contributed by atoms with Gasteiger partial charge in [-0.2, -0.15) is 0 Å². The third-order valence-electron chi connectivity index (χ3n) is 6.31. The molecule has 5 rings (SSSR count). The van der Waals surface area contributed by atoms with Crippen molar-refractivity contribution in [3.8, 4) is 17.2 Å². The average molecular weight is 597 g/mol. The summed E-state index contributed by atoms with van der Waals surface area (Å²) in [6.07, 6.45) is 3.54. The second kappa shape index (κ2) is 11.9. The largest absolute Gasteiger partial charge is 0.495 e. The van der Waals surface area contributed by atoms with Gasteiger partial charge in [0.2, 0.25) is 5.95 Å². The molecule has 0 spiro atoms. The van der Waals surface area contributed by atoms with E-state index in [0.29, 0.717) is 46.0 Å². The van der Waals surface area contributed by atoms with Crippen LogP contribution in [-0.4, -0.2) is 61.9 Å². The van der Waals surface area contributed by atoms with Gasteiger partial charge in [-0.25, -0.2) is 14.8 Å². The van der Waals surface area contributed by atoms with E-state index in [1.54, 1.807) is 30.5 Å². The highest BCUT2D eigenvalue weighted by Gasteiger charge is 2.25. The van der Waals surface area contributed by atoms with E-state index < -0.39 is 5.97 Å². The molecule has 0 unspecified atom stereocenters. The molecule has 212 valence electrons. The first-order valence-electron chi connectivity index (χ1n) is 12.3. The van der Waals surface area contributed by atoms with Crippen LogP contribution in [-0.2, 0) is 4.74 Å². The van der Waals surface area contributed by atoms with E-state index in [9.17, 15) is 4.79 Å². The molecule has 0 aliphatic carbocycles. The molecular weight excluding hydrogens is 571 g/mol. The Labute approximate surface area is 245 Å². The molecule has 0 amide bonds. The molecule has 0 saturated carbocycles. The number of hydrazine groups is 1. The molecule has 13 heteroatoms. The van der Waals surface area contributed by atoms with Gasteiger partial charge >= 0.3 is 5.97 Å². The number of methoxy groups -OCH3 is 4. The van der Waals surface area contributed by atoms with Crippen molar-refractivity contribution in [3.05, 3.63) is 70.2 Å². The molecule has 2 N–H and O–H groups in total. The molecule has 0 radical (unpaired) electrons. The van der Waals surface area contributed by atoms with E-state index in [1.165, 1.54) is 28.4 Å². The zero-order chi connectivity index (χ0) is 29.1. The van der Waals surface area contributed by atoms with Crippen LogP contribution < -0.4 is 25.0 Å². The first kappa shape index (κ1) is 27.9. The Morgan fingerprint density at radius 1 is 0.927 bits per heavy atom. The van der Waals surface area contributed by atoms with Gasteiger partial charge in [0, 0.05) is 12.3 Å². The number of ether oxygens (including phenoxy) is 4. The summed E-state index contributed by atoms with van der Waals surface area (Å²) in [4.78, 5) is 21.3. The van der Waals surface area contributed by atoms with E-state index in [2.05, 4.69) is 15.7 Å². The Morgan fingerprint density at radius 2 is 1.63 bits per heavy atom. The monoisotopic (exact) mass is 596 g/mol. The van der Waals surface area contributed by atoms with Crippen molar-refractivity contribution in [1.82, 2.24) is 14.6 Å². The number of anilines is 3. The number of rotatable bonds is 9. The summed E-state index contributed by atoms with van der Waals surface area (Å²) in [7, 11) is 5.87. The molecule has 1 aliphatic heterocycles. The van der Waals surface area contributed by atoms with Crippen LogP contribution in [0.2, 0.25) is 10.0 Å². The number of esters is 1. The van der Waals surface area contributed by atoms with Crippen LogP contribution in [0, 0.1) is 0 Å². The molecule has 1 aliphatic rings. The number of nitrogens with one attached hydrogen (secondary N) is 2. The third kappa shape index (κ3) is 5.29. The molecule has 0 atom stereocenters. The maximum Gasteiger partial charge on any atom is 0.337 e. The number of fused-ring (bicyclic) bond motifs is 1. The fraction of sp³-hybridized carbons (Fsp3) is 0.179. The molecule has 2 heterocycles. The summed E-state index contributed by atoms with van der Waals surface area (Å²) in [6, 6.07) is 14.3. The summed E-state index contributed by atoms with van der Waals surface area (Å²) in [5.74, 6) is 1.84. The lowest BCUT2D eigenvalue weighted by Crippen LogP contribution is -2.33. The maximum absolute atomic E-state index is 12.0. The number of carbonyl (C=O) groups excluding carboxylic acids is 1. The number of aromatic nitrogens is 2. The van der Waals surface area contributed by atoms with Gasteiger partial charge in [-0.1, -0.05) is 35.3 Å². The number of allylic oxidation sites excluding steroid dienone is 1. The summed E-state index contributed by atoms with van der Waals surface area (Å²) in [5, 5.41) is 5.63. The summed E-state index contributed by atoms with van der Waals surface area (Å²) < 4.78 is 23.2. The molecule has 0 bridgehead atoms. The van der Waals surface area contributed by atoms with Crippen LogP contribution in [0.4, 0.5) is 17.3 Å². The van der Waals surface area contributed by atoms with Gasteiger partial charge in [0.1, 0.15) is 39.8 Å². The Bertz CT molecular complexity index is 1660. The Balaban J connectivity index is 1.59. The Kier molecular flexibility index (Phi) is 8.09. The van der Waals surface area contributed by atoms with Gasteiger partial charge < -0.3 is 24.3 Å². The lowest BCUT2D eigenvalue weighted by Gasteiger charge is -2.31. The maximum atomic E-state index is 12.0. The number of benzene rings is 3. The molecule has 0 saturated heterocycles. The molecule has 3 aromatic carbocycles. The minimum atomic E-state index is -0.467. The van der Waals surface area contributed by atoms with Gasteiger partial charge in [0.05, 0.1) is 56.4 Å². The molecule has 0 fully saturated rings. The molecule has 4 aromatic rings. The third-order valence-corrected chi connectivity index (χ3v) is 7.06. The fourth-order valence-electron chi connectivity index (χ4n) is 4.32. The van der Waals surface area contributed by atoms with Gasteiger partial charge in [-0.05, 0) is 36.4 Å². The second-order valence-electron chi connectivity index (χ2n) is 8.61. The number of hydrogen-bond donors (Lipinski definition) is 2. The van der Waals surface area contributed by atoms with Crippen molar-refractivity contribution < 1.29 is 23.7 Å². The number of nitrogens with zero attached hydrogens (tertiary/aromatic N) is 4. The smallest absolute Gasteiger partial charge is 0.337 e. The lowest BCUT2D eigenvalue weighted by molar-refractivity contribution is 0.0600. The van der Waals surface area contributed by atoms with Crippen molar-refractivity contribution >= 4 is 69.6 Å². The Hall–Kier alpha value is -4.61. The molecule has 1 aromatic heterocycles. The number of hydrogen-bond acceptors (Lipinski definition) is 10. The average Bonchev–Trinajstić information content (AvgIpc) is 3.37. The highest BCUT2D eigenvalue weighted by molar-refractivity contribution is 6.41. The predicted octanol–water partition coefficient (Wildman–Crippen LogP) is 6.07. The molecule has 41 heavy (non-hydrogen) atoms. The zero-order valence-corrected chi connectivity index (χ0v) is 24.1. The van der Waals surface area contributed by atoms with Crippen LogP contribution in [0.3, 0.4) is 0 Å². The number of halogens is 2. The van der Waals surface area contributed by atoms with Crippen molar-refractivity contribution in [1.29, 1.82) is 0 Å². The minimum Gasteiger partial charge on any atom is -0.495 e. The van der Waals surface area contributed by atoms with Crippen LogP contribution in [0.5, 0.6) is 17.2 Å². The summed E-state index contributed by atoms with van der Waals surface area (Å²) >= 11 is 13.3. The van der Waals surface area contributed by atoms with E-state index in [0.717, 1.165) is 11.0 Å². The van der Waals surface area contributed by atoms with Crippen molar-refractivity contribution in [2.75, 3.05) is 45.9 Å². The topological polar surface area (TPSA) is 111 Å². The highest BCUT2D eigenvalue weighted by atomic mass is 35.5. The minimum absolute atomic E-state index is 0.258. The van der Waals surface area contributed by atoms with E-state index >= 15 is 0 Å². The van der Waals surface area contributed by atoms with Crippen molar-refractivity contribution in [3.63, 3.8) is 0 Å². The number of imidazole rings is 1. The first-order valence-corrected chi connectivity index (χ1v) is 13.0. The van der Waals surface area contributed by atoms with Crippen LogP contribution in [0.15, 0.2) is 59.6 Å². The predicted molar refractivity (Wildman–Crippen MR) is 160 cm³/mol. The fourth-order valence-corrected chi connectivity index (χ4v) is 4.92. The standard InChI is InChI=1S/C28H26Cl2N6O5/c1-38-20-13-16(27(37)41-4)9-10-18(20)34-35-15-31-12-11-23(35)36-19-8-6-5-7-17(19)32-28(36)33-26-24(29)21(39-2)14-22(40-3)25(26)30/h5-14,34H,15H2,1-4H3,(H,32,33). The van der Waals surface area contributed by atoms with E-state index in [1.807, 2.05) is 39.9 Å². The number of para-hydroxylation sites is 2. The van der Waals surface area contributed by atoms with E-state index in [4.69, 9.17) is 47.1 Å². The highest BCUT2D eigenvalue weighted by Crippen LogP contribution is 2.45. The van der Waals surface area contributed by atoms with Gasteiger partial charge in [0.15, 0.2) is 0 Å². The summed E-state index contributed by atoms with van der Waals surface area (Å²) in [6.45, 7) is 0.258. The zero-order valence-electron chi connectivity index (χ0n) is 22.6. The SMILES string of the molecule is COC(=O)c1ccc(NN2CN=CC=C2n2c(Nc3c(Cl)c(OC)cc(OC)c3Cl)nc3ccccc32)c(OC)c1. The van der Waals surface area contributed by atoms with Crippen LogP contribution in [0.1, 0.15) is 10.4 Å². The van der Waals surface area contributed by atoms with Crippen LogP contribution >= 0.6 is 23.2 Å². The normalized spacial score (nSPS) is 12.6. The molecule has 11 nitrogen and oxygen atoms in total. The number of carbonyl (C=O) groups is 1. The van der Waals surface area contributed by atoms with Gasteiger partial charge in [-0.3, -0.25) is 15.0 Å². The van der Waals surface area contributed by atoms with Crippen molar-refractivity contribution in [2.24, 2.45) is 4.99 Å². The summed E-state index contributed by atoms with van der Waals surface area (Å²) in [5.41, 5.74) is 6.20. The second-order valence-corrected chi connectivity index (χ2v) is 9.37. The van der Waals surface area contributed by atoms with Gasteiger partial charge in [0.25, 0.3) is 0 Å². The van der Waals surface area contributed by atoms with Crippen molar-refractivity contribution in [2.45, 2.75) is 0 Å². The van der Waals surface area contributed by atoms with E-state index in [-0.39, 0.29) is 16.7 Å². The Morgan fingerprint density at radius 3 is 2.32 bits per heavy atom. The van der Waals surface area contributed by atoms with Gasteiger partial charge in [-0.15, -0.1) is 0 Å².